The predicted octanol–water partition coefficient (Wildman–Crippen LogP) is 0.460. The summed E-state index contributed by atoms with van der Waals surface area (Å²) in [6.45, 7) is 1.88. The number of rotatable bonds is 9. The van der Waals surface area contributed by atoms with Crippen molar-refractivity contribution in [3.8, 4) is 5.75 Å². The van der Waals surface area contributed by atoms with Crippen molar-refractivity contribution in [2.24, 2.45) is 0 Å². The summed E-state index contributed by atoms with van der Waals surface area (Å²) in [5, 5.41) is 34.8. The van der Waals surface area contributed by atoms with Gasteiger partial charge in [-0.05, 0) is 18.6 Å². The molecule has 9 nitrogen and oxygen atoms in total. The molecule has 1 aromatic carbocycles. The van der Waals surface area contributed by atoms with Gasteiger partial charge in [0, 0.05) is 13.0 Å². The maximum atomic E-state index is 11.6. The lowest BCUT2D eigenvalue weighted by molar-refractivity contribution is -0.171. The molecule has 0 saturated carbocycles. The number of carboxylic acid groups (broad SMARTS) is 2. The van der Waals surface area contributed by atoms with Gasteiger partial charge in [-0.1, -0.05) is 18.2 Å². The minimum absolute atomic E-state index is 0.0536. The van der Waals surface area contributed by atoms with E-state index in [0.29, 0.717) is 12.2 Å². The van der Waals surface area contributed by atoms with E-state index < -0.39 is 36.4 Å². The second-order valence-corrected chi connectivity index (χ2v) is 5.18. The van der Waals surface area contributed by atoms with Gasteiger partial charge in [-0.25, -0.2) is 4.79 Å². The summed E-state index contributed by atoms with van der Waals surface area (Å²) in [6, 6.07) is 7.10. The van der Waals surface area contributed by atoms with Crippen molar-refractivity contribution in [3.63, 3.8) is 0 Å². The van der Waals surface area contributed by atoms with Gasteiger partial charge in [-0.2, -0.15) is 0 Å². The first kappa shape index (κ1) is 23.4. The van der Waals surface area contributed by atoms with E-state index in [9.17, 15) is 19.5 Å². The standard InChI is InChI=1S/C15H18O8.C2H6O/c1-22-11-5-3-2-4-10(11)6-7-23-13(18)9-15(21,14(19)20)8-12(16)17;1-2-3/h2-5,21H,6-9H2,1H3,(H,16,17)(H,19,20);3H,2H2,1H3. The number of aliphatic hydroxyl groups is 2. The van der Waals surface area contributed by atoms with E-state index in [1.807, 2.05) is 0 Å². The number of ether oxygens (including phenoxy) is 2. The van der Waals surface area contributed by atoms with Crippen molar-refractivity contribution in [1.29, 1.82) is 0 Å². The van der Waals surface area contributed by atoms with Crippen molar-refractivity contribution in [1.82, 2.24) is 0 Å². The summed E-state index contributed by atoms with van der Waals surface area (Å²) < 4.78 is 10.00. The lowest BCUT2D eigenvalue weighted by Crippen LogP contribution is -2.43. The van der Waals surface area contributed by atoms with Gasteiger partial charge in [0.15, 0.2) is 5.60 Å². The highest BCUT2D eigenvalue weighted by Crippen LogP contribution is 2.19. The molecule has 0 aromatic heterocycles. The van der Waals surface area contributed by atoms with Crippen molar-refractivity contribution in [2.75, 3.05) is 20.3 Å². The first-order valence-electron chi connectivity index (χ1n) is 7.76. The highest BCUT2D eigenvalue weighted by molar-refractivity contribution is 5.88. The van der Waals surface area contributed by atoms with Crippen LogP contribution in [0.4, 0.5) is 0 Å². The minimum atomic E-state index is -2.69. The zero-order valence-corrected chi connectivity index (χ0v) is 14.7. The Hall–Kier alpha value is -2.65. The topological polar surface area (TPSA) is 151 Å². The molecule has 1 unspecified atom stereocenters. The average Bonchev–Trinajstić information content (AvgIpc) is 2.55. The van der Waals surface area contributed by atoms with Crippen LogP contribution in [0.3, 0.4) is 0 Å². The Kier molecular flexibility index (Phi) is 10.6. The first-order valence-corrected chi connectivity index (χ1v) is 7.76. The summed E-state index contributed by atoms with van der Waals surface area (Å²) >= 11 is 0. The highest BCUT2D eigenvalue weighted by Gasteiger charge is 2.41. The van der Waals surface area contributed by atoms with Crippen LogP contribution in [0.1, 0.15) is 25.3 Å². The summed E-state index contributed by atoms with van der Waals surface area (Å²) in [4.78, 5) is 33.1. The number of para-hydroxylation sites is 1. The molecule has 0 spiro atoms. The summed E-state index contributed by atoms with van der Waals surface area (Å²) in [6.07, 6.45) is -1.70. The molecule has 0 saturated heterocycles. The fraction of sp³-hybridized carbons (Fsp3) is 0.471. The molecule has 26 heavy (non-hydrogen) atoms. The fourth-order valence-electron chi connectivity index (χ4n) is 1.94. The fourth-order valence-corrected chi connectivity index (χ4v) is 1.94. The molecule has 146 valence electrons. The number of carboxylic acids is 2. The lowest BCUT2D eigenvalue weighted by Gasteiger charge is -2.20. The monoisotopic (exact) mass is 372 g/mol. The Morgan fingerprint density at radius 3 is 2.19 bits per heavy atom. The van der Waals surface area contributed by atoms with E-state index in [0.717, 1.165) is 5.56 Å². The SMILES string of the molecule is CCO.COc1ccccc1CCOC(=O)CC(O)(CC(=O)O)C(=O)O. The van der Waals surface area contributed by atoms with Crippen LogP contribution < -0.4 is 4.74 Å². The number of carbonyl (C=O) groups is 3. The van der Waals surface area contributed by atoms with E-state index >= 15 is 0 Å². The van der Waals surface area contributed by atoms with Crippen LogP contribution in [0.25, 0.3) is 0 Å². The molecular formula is C17H24O9. The maximum absolute atomic E-state index is 11.6. The Morgan fingerprint density at radius 2 is 1.69 bits per heavy atom. The lowest BCUT2D eigenvalue weighted by atomic mass is 9.96. The molecule has 0 bridgehead atoms. The van der Waals surface area contributed by atoms with Crippen molar-refractivity contribution < 1.29 is 44.3 Å². The van der Waals surface area contributed by atoms with Gasteiger partial charge in [0.05, 0.1) is 26.6 Å². The predicted molar refractivity (Wildman–Crippen MR) is 89.9 cm³/mol. The zero-order valence-electron chi connectivity index (χ0n) is 14.7. The van der Waals surface area contributed by atoms with Crippen molar-refractivity contribution >= 4 is 17.9 Å². The van der Waals surface area contributed by atoms with E-state index in [4.69, 9.17) is 24.8 Å². The molecule has 9 heteroatoms. The molecule has 1 rings (SSSR count). The van der Waals surface area contributed by atoms with Crippen LogP contribution in [-0.2, 0) is 25.5 Å². The molecule has 1 atom stereocenters. The largest absolute Gasteiger partial charge is 0.496 e. The maximum Gasteiger partial charge on any atom is 0.336 e. The zero-order chi connectivity index (χ0) is 20.2. The smallest absolute Gasteiger partial charge is 0.336 e. The number of hydrogen-bond donors (Lipinski definition) is 4. The van der Waals surface area contributed by atoms with Crippen LogP contribution in [0, 0.1) is 0 Å². The number of hydrogen-bond acceptors (Lipinski definition) is 7. The van der Waals surface area contributed by atoms with Gasteiger partial charge >= 0.3 is 17.9 Å². The van der Waals surface area contributed by atoms with Crippen LogP contribution in [0.15, 0.2) is 24.3 Å². The van der Waals surface area contributed by atoms with E-state index in [-0.39, 0.29) is 13.2 Å². The van der Waals surface area contributed by atoms with Crippen LogP contribution >= 0.6 is 0 Å². The number of methoxy groups -OCH3 is 1. The Bertz CT molecular complexity index is 600. The summed E-state index contributed by atoms with van der Waals surface area (Å²) in [5.74, 6) is -3.69. The number of esters is 1. The van der Waals surface area contributed by atoms with E-state index in [1.165, 1.54) is 7.11 Å². The summed E-state index contributed by atoms with van der Waals surface area (Å²) in [5.41, 5.74) is -1.89. The second kappa shape index (κ2) is 11.8. The van der Waals surface area contributed by atoms with Gasteiger partial charge in [-0.15, -0.1) is 0 Å². The van der Waals surface area contributed by atoms with Gasteiger partial charge in [0.1, 0.15) is 5.75 Å². The molecular weight excluding hydrogens is 348 g/mol. The Balaban J connectivity index is 0.00000194. The van der Waals surface area contributed by atoms with E-state index in [2.05, 4.69) is 0 Å². The average molecular weight is 372 g/mol. The van der Waals surface area contributed by atoms with E-state index in [1.54, 1.807) is 31.2 Å². The molecule has 1 aromatic rings. The normalized spacial score (nSPS) is 12.2. The van der Waals surface area contributed by atoms with Gasteiger partial charge in [0.25, 0.3) is 0 Å². The molecule has 0 fully saturated rings. The van der Waals surface area contributed by atoms with Crippen LogP contribution in [0.2, 0.25) is 0 Å². The molecule has 0 radical (unpaired) electrons. The van der Waals surface area contributed by atoms with Crippen molar-refractivity contribution in [3.05, 3.63) is 29.8 Å². The molecule has 4 N–H and O–H groups in total. The van der Waals surface area contributed by atoms with Gasteiger partial charge in [-0.3, -0.25) is 9.59 Å². The molecule has 0 amide bonds. The Labute approximate surface area is 150 Å². The minimum Gasteiger partial charge on any atom is -0.496 e. The third-order valence-corrected chi connectivity index (χ3v) is 3.11. The second-order valence-electron chi connectivity index (χ2n) is 5.18. The third kappa shape index (κ3) is 8.45. The first-order chi connectivity index (χ1) is 12.2. The third-order valence-electron chi connectivity index (χ3n) is 3.11. The molecule has 0 aliphatic rings. The number of carbonyl (C=O) groups excluding carboxylic acids is 1. The number of aliphatic carboxylic acids is 2. The number of aliphatic hydroxyl groups excluding tert-OH is 1. The summed E-state index contributed by atoms with van der Waals surface area (Å²) in [7, 11) is 1.50. The van der Waals surface area contributed by atoms with Gasteiger partial charge in [0.2, 0.25) is 0 Å². The van der Waals surface area contributed by atoms with Crippen LogP contribution in [0.5, 0.6) is 5.75 Å². The molecule has 0 heterocycles. The Morgan fingerprint density at radius 1 is 1.12 bits per heavy atom. The van der Waals surface area contributed by atoms with Crippen molar-refractivity contribution in [2.45, 2.75) is 31.8 Å². The van der Waals surface area contributed by atoms with Gasteiger partial charge < -0.3 is 29.9 Å². The van der Waals surface area contributed by atoms with Crippen LogP contribution in [-0.4, -0.2) is 64.3 Å². The molecule has 0 aliphatic heterocycles. The highest BCUT2D eigenvalue weighted by atomic mass is 16.5. The number of benzene rings is 1. The molecule has 0 aliphatic carbocycles. The quantitative estimate of drug-likeness (QED) is 0.453.